The molecule has 0 spiro atoms. The third-order valence-electron chi connectivity index (χ3n) is 5.98. The van der Waals surface area contributed by atoms with Gasteiger partial charge in [-0.2, -0.15) is 10.1 Å². The zero-order chi connectivity index (χ0) is 20.8. The van der Waals surface area contributed by atoms with E-state index in [1.165, 1.54) is 31.4 Å². The fourth-order valence-corrected chi connectivity index (χ4v) is 3.97. The number of hydrogen-bond donors (Lipinski definition) is 0. The highest BCUT2D eigenvalue weighted by atomic mass is 16.5. The molecule has 0 radical (unpaired) electrons. The van der Waals surface area contributed by atoms with Crippen molar-refractivity contribution in [3.63, 3.8) is 0 Å². The van der Waals surface area contributed by atoms with Crippen molar-refractivity contribution in [2.45, 2.75) is 45.7 Å². The van der Waals surface area contributed by atoms with E-state index < -0.39 is 0 Å². The van der Waals surface area contributed by atoms with Crippen LogP contribution in [0.1, 0.15) is 43.7 Å². The summed E-state index contributed by atoms with van der Waals surface area (Å²) in [4.78, 5) is 9.67. The molecule has 0 N–H and O–H groups in total. The summed E-state index contributed by atoms with van der Waals surface area (Å²) in [7, 11) is 0. The number of aromatic nitrogens is 4. The van der Waals surface area contributed by atoms with E-state index in [2.05, 4.69) is 51.0 Å². The van der Waals surface area contributed by atoms with Crippen LogP contribution in [0.4, 0.5) is 0 Å². The summed E-state index contributed by atoms with van der Waals surface area (Å²) in [6.45, 7) is 10.7. The Bertz CT molecular complexity index is 881. The molecule has 3 aromatic rings. The smallest absolute Gasteiger partial charge is 0.244 e. The molecule has 1 aliphatic rings. The van der Waals surface area contributed by atoms with E-state index in [0.717, 1.165) is 38.3 Å². The van der Waals surface area contributed by atoms with Crippen molar-refractivity contribution in [2.24, 2.45) is 0 Å². The lowest BCUT2D eigenvalue weighted by Crippen LogP contribution is -2.47. The molecule has 1 unspecified atom stereocenters. The summed E-state index contributed by atoms with van der Waals surface area (Å²) in [6.07, 6.45) is 7.57. The van der Waals surface area contributed by atoms with Crippen molar-refractivity contribution in [1.29, 1.82) is 0 Å². The van der Waals surface area contributed by atoms with Gasteiger partial charge in [0.15, 0.2) is 0 Å². The summed E-state index contributed by atoms with van der Waals surface area (Å²) < 4.78 is 7.61. The lowest BCUT2D eigenvalue weighted by molar-refractivity contribution is 0.0873. The first kappa shape index (κ1) is 20.8. The molecule has 160 valence electrons. The highest BCUT2D eigenvalue weighted by Gasteiger charge is 2.25. The van der Waals surface area contributed by atoms with Gasteiger partial charge >= 0.3 is 0 Å². The molecule has 1 fully saturated rings. The van der Waals surface area contributed by atoms with Crippen LogP contribution < -0.4 is 0 Å². The predicted octanol–water partition coefficient (Wildman–Crippen LogP) is 3.79. The summed E-state index contributed by atoms with van der Waals surface area (Å²) in [5.74, 6) is 1.38. The largest absolute Gasteiger partial charge is 0.337 e. The Balaban J connectivity index is 1.19. The minimum absolute atomic E-state index is 0.146. The zero-order valence-corrected chi connectivity index (χ0v) is 18.1. The number of hydrogen-bond acceptors (Lipinski definition) is 6. The Labute approximate surface area is 178 Å². The number of benzene rings is 1. The second-order valence-corrected chi connectivity index (χ2v) is 8.21. The maximum atomic E-state index is 5.59. The number of rotatable bonds is 9. The Kier molecular flexibility index (Phi) is 6.92. The third-order valence-corrected chi connectivity index (χ3v) is 5.98. The first-order valence-electron chi connectivity index (χ1n) is 11.0. The number of aryl methyl sites for hydroxylation is 2. The van der Waals surface area contributed by atoms with Crippen molar-refractivity contribution in [1.82, 2.24) is 29.7 Å². The highest BCUT2D eigenvalue weighted by molar-refractivity contribution is 5.54. The summed E-state index contributed by atoms with van der Waals surface area (Å²) in [6, 6.07) is 10.4. The molecule has 0 bridgehead atoms. The third kappa shape index (κ3) is 5.34. The van der Waals surface area contributed by atoms with Gasteiger partial charge in [0, 0.05) is 50.7 Å². The molecule has 7 nitrogen and oxygen atoms in total. The Morgan fingerprint density at radius 3 is 2.50 bits per heavy atom. The van der Waals surface area contributed by atoms with E-state index in [9.17, 15) is 0 Å². The molecule has 0 aliphatic carbocycles. The number of nitrogens with zero attached hydrogens (tertiary/aromatic N) is 6. The monoisotopic (exact) mass is 408 g/mol. The van der Waals surface area contributed by atoms with Crippen LogP contribution in [-0.4, -0.2) is 62.4 Å². The summed E-state index contributed by atoms with van der Waals surface area (Å²) >= 11 is 0. The second kappa shape index (κ2) is 10.00. The lowest BCUT2D eigenvalue weighted by atomic mass is 10.1. The topological polar surface area (TPSA) is 63.2 Å². The minimum Gasteiger partial charge on any atom is -0.337 e. The number of piperazine rings is 1. The van der Waals surface area contributed by atoms with Crippen LogP contribution in [0.2, 0.25) is 0 Å². The van der Waals surface area contributed by atoms with E-state index in [1.54, 1.807) is 0 Å². The summed E-state index contributed by atoms with van der Waals surface area (Å²) in [5.41, 5.74) is 2.23. The van der Waals surface area contributed by atoms with Gasteiger partial charge in [0.2, 0.25) is 11.7 Å². The van der Waals surface area contributed by atoms with Crippen molar-refractivity contribution in [3.8, 4) is 11.4 Å². The molecule has 1 saturated heterocycles. The molecule has 30 heavy (non-hydrogen) atoms. The first-order valence-corrected chi connectivity index (χ1v) is 11.0. The van der Waals surface area contributed by atoms with Gasteiger partial charge in [-0.25, -0.2) is 0 Å². The van der Waals surface area contributed by atoms with Crippen LogP contribution in [0, 0.1) is 6.92 Å². The first-order chi connectivity index (χ1) is 14.7. The van der Waals surface area contributed by atoms with Crippen molar-refractivity contribution >= 4 is 0 Å². The normalized spacial score (nSPS) is 16.7. The van der Waals surface area contributed by atoms with Gasteiger partial charge in [-0.15, -0.1) is 0 Å². The maximum Gasteiger partial charge on any atom is 0.244 e. The molecule has 4 rings (SSSR count). The van der Waals surface area contributed by atoms with Crippen LogP contribution in [-0.2, 0) is 6.54 Å². The molecule has 0 amide bonds. The average Bonchev–Trinajstić information content (AvgIpc) is 3.46. The van der Waals surface area contributed by atoms with Gasteiger partial charge in [0.1, 0.15) is 0 Å². The fraction of sp³-hybridized carbons (Fsp3) is 0.522. The maximum absolute atomic E-state index is 5.59. The highest BCUT2D eigenvalue weighted by Crippen LogP contribution is 2.23. The van der Waals surface area contributed by atoms with Crippen LogP contribution in [0.25, 0.3) is 11.4 Å². The molecular weight excluding hydrogens is 376 g/mol. The van der Waals surface area contributed by atoms with Crippen LogP contribution in [0.15, 0.2) is 47.2 Å². The van der Waals surface area contributed by atoms with Crippen molar-refractivity contribution < 1.29 is 4.52 Å². The Morgan fingerprint density at radius 2 is 1.77 bits per heavy atom. The van der Waals surface area contributed by atoms with E-state index in [1.807, 2.05) is 35.3 Å². The fourth-order valence-electron chi connectivity index (χ4n) is 3.97. The second-order valence-electron chi connectivity index (χ2n) is 8.21. The lowest BCUT2D eigenvalue weighted by Gasteiger charge is -2.36. The van der Waals surface area contributed by atoms with Crippen LogP contribution in [0.3, 0.4) is 0 Å². The van der Waals surface area contributed by atoms with Crippen molar-refractivity contribution in [2.75, 3.05) is 32.7 Å². The Hall–Kier alpha value is -2.51. The van der Waals surface area contributed by atoms with Gasteiger partial charge in [-0.1, -0.05) is 41.4 Å². The minimum atomic E-state index is 0.146. The van der Waals surface area contributed by atoms with E-state index in [4.69, 9.17) is 4.52 Å². The zero-order valence-electron chi connectivity index (χ0n) is 18.1. The quantitative estimate of drug-likeness (QED) is 0.502. The molecule has 1 aliphatic heterocycles. The van der Waals surface area contributed by atoms with Crippen molar-refractivity contribution in [3.05, 3.63) is 54.2 Å². The van der Waals surface area contributed by atoms with Gasteiger partial charge in [-0.05, 0) is 39.3 Å². The van der Waals surface area contributed by atoms with Crippen LogP contribution >= 0.6 is 0 Å². The summed E-state index contributed by atoms with van der Waals surface area (Å²) in [5, 5.41) is 8.45. The van der Waals surface area contributed by atoms with E-state index in [-0.39, 0.29) is 6.04 Å². The van der Waals surface area contributed by atoms with E-state index in [0.29, 0.717) is 11.7 Å². The predicted molar refractivity (Wildman–Crippen MR) is 117 cm³/mol. The Morgan fingerprint density at radius 1 is 1.00 bits per heavy atom. The molecule has 7 heteroatoms. The molecule has 2 aromatic heterocycles. The molecule has 1 atom stereocenters. The SMILES string of the molecule is Cc1ccc(-c2noc(C(C)N3CCN(CCCCCn4cccn4)CC3)n2)cc1. The number of unbranched alkanes of at least 4 members (excludes halogenated alkanes) is 2. The molecular formula is C23H32N6O. The molecule has 1 aromatic carbocycles. The molecule has 0 saturated carbocycles. The van der Waals surface area contributed by atoms with Gasteiger partial charge in [0.05, 0.1) is 6.04 Å². The van der Waals surface area contributed by atoms with Gasteiger partial charge in [0.25, 0.3) is 0 Å². The average molecular weight is 409 g/mol. The standard InChI is InChI=1S/C23H32N6O/c1-19-7-9-21(10-8-19)22-25-23(30-26-22)20(2)28-17-15-27(16-18-28)12-4-3-5-13-29-14-6-11-24-29/h6-11,14,20H,3-5,12-13,15-18H2,1-2H3. The van der Waals surface area contributed by atoms with Gasteiger partial charge < -0.3 is 9.42 Å². The molecule has 3 heterocycles. The van der Waals surface area contributed by atoms with Crippen LogP contribution in [0.5, 0.6) is 0 Å². The van der Waals surface area contributed by atoms with Gasteiger partial charge in [-0.3, -0.25) is 9.58 Å². The van der Waals surface area contributed by atoms with E-state index >= 15 is 0 Å².